The summed E-state index contributed by atoms with van der Waals surface area (Å²) in [6.45, 7) is 0. The molecule has 3 rings (SSSR count). The van der Waals surface area contributed by atoms with Crippen molar-refractivity contribution in [2.24, 2.45) is 0 Å². The van der Waals surface area contributed by atoms with Crippen molar-refractivity contribution < 1.29 is 9.53 Å². The second kappa shape index (κ2) is 6.85. The van der Waals surface area contributed by atoms with E-state index in [1.165, 1.54) is 16.8 Å². The van der Waals surface area contributed by atoms with Gasteiger partial charge < -0.3 is 4.74 Å². The van der Waals surface area contributed by atoms with E-state index >= 15 is 0 Å². The number of thiocarbonyl (C=S) groups is 1. The lowest BCUT2D eigenvalue weighted by molar-refractivity contribution is -0.121. The number of carbonyl (C=O) groups excluding carboxylic acids is 1. The third kappa shape index (κ3) is 3.38. The fourth-order valence-corrected chi connectivity index (χ4v) is 3.30. The van der Waals surface area contributed by atoms with E-state index in [-0.39, 0.29) is 5.91 Å². The van der Waals surface area contributed by atoms with Gasteiger partial charge in [-0.3, -0.25) is 10.2 Å². The number of anilines is 1. The highest BCUT2D eigenvalue weighted by Crippen LogP contribution is 2.34. The molecule has 1 saturated heterocycles. The fraction of sp³-hybridized carbons (Fsp3) is 0.0588. The van der Waals surface area contributed by atoms with Gasteiger partial charge in [-0.2, -0.15) is 0 Å². The van der Waals surface area contributed by atoms with Crippen molar-refractivity contribution in [3.63, 3.8) is 0 Å². The lowest BCUT2D eigenvalue weighted by atomic mass is 10.2. The third-order valence-corrected chi connectivity index (χ3v) is 4.54. The molecular weight excluding hydrogens is 328 g/mol. The van der Waals surface area contributed by atoms with Gasteiger partial charge >= 0.3 is 0 Å². The fourth-order valence-electron chi connectivity index (χ4n) is 2.13. The van der Waals surface area contributed by atoms with Crippen molar-refractivity contribution in [2.75, 3.05) is 12.5 Å². The summed E-state index contributed by atoms with van der Waals surface area (Å²) in [4.78, 5) is 13.1. The minimum Gasteiger partial charge on any atom is -0.496 e. The normalized spacial score (nSPS) is 16.0. The van der Waals surface area contributed by atoms with Crippen LogP contribution < -0.4 is 10.2 Å². The second-order valence-corrected chi connectivity index (χ2v) is 6.41. The summed E-state index contributed by atoms with van der Waals surface area (Å²) in [5.74, 6) is 0.545. The van der Waals surface area contributed by atoms with Gasteiger partial charge in [0.05, 0.1) is 17.7 Å². The number of nitrogens with one attached hydrogen (secondary N) is 1. The van der Waals surface area contributed by atoms with Crippen LogP contribution in [0.25, 0.3) is 6.08 Å². The lowest BCUT2D eigenvalue weighted by Crippen LogP contribution is -2.33. The number of carbonyl (C=O) groups is 1. The Morgan fingerprint density at radius 2 is 1.83 bits per heavy atom. The van der Waals surface area contributed by atoms with Crippen LogP contribution in [0, 0.1) is 0 Å². The summed E-state index contributed by atoms with van der Waals surface area (Å²) in [7, 11) is 1.61. The Morgan fingerprint density at radius 1 is 1.13 bits per heavy atom. The molecule has 1 heterocycles. The molecule has 1 aliphatic rings. The van der Waals surface area contributed by atoms with E-state index in [0.29, 0.717) is 15.0 Å². The number of hydrogen-bond acceptors (Lipinski definition) is 5. The molecule has 0 unspecified atom stereocenters. The molecule has 0 aromatic heterocycles. The minimum absolute atomic E-state index is 0.172. The van der Waals surface area contributed by atoms with Gasteiger partial charge in [-0.05, 0) is 36.5 Å². The number of ether oxygens (including phenoxy) is 1. The Labute approximate surface area is 144 Å². The maximum atomic E-state index is 12.6. The Balaban J connectivity index is 1.85. The Kier molecular flexibility index (Phi) is 4.64. The first-order valence-corrected chi connectivity index (χ1v) is 8.14. The molecule has 4 nitrogen and oxygen atoms in total. The van der Waals surface area contributed by atoms with Crippen molar-refractivity contribution in [3.05, 3.63) is 65.1 Å². The number of hydrogen-bond donors (Lipinski definition) is 1. The molecule has 1 aliphatic heterocycles. The summed E-state index contributed by atoms with van der Waals surface area (Å²) in [6.07, 6.45) is 1.80. The quantitative estimate of drug-likeness (QED) is 0.674. The zero-order valence-corrected chi connectivity index (χ0v) is 14.0. The van der Waals surface area contributed by atoms with Crippen LogP contribution in [0.2, 0.25) is 0 Å². The van der Waals surface area contributed by atoms with Crippen molar-refractivity contribution in [1.82, 2.24) is 5.01 Å². The molecule has 2 aromatic carbocycles. The van der Waals surface area contributed by atoms with Crippen molar-refractivity contribution in [3.8, 4) is 5.75 Å². The van der Waals surface area contributed by atoms with E-state index in [4.69, 9.17) is 17.0 Å². The maximum Gasteiger partial charge on any atom is 0.285 e. The van der Waals surface area contributed by atoms with Crippen molar-refractivity contribution >= 4 is 46.0 Å². The molecule has 6 heteroatoms. The summed E-state index contributed by atoms with van der Waals surface area (Å²) < 4.78 is 5.79. The smallest absolute Gasteiger partial charge is 0.285 e. The highest BCUT2D eigenvalue weighted by molar-refractivity contribution is 8.26. The number of methoxy groups -OCH3 is 1. The van der Waals surface area contributed by atoms with Crippen LogP contribution >= 0.6 is 24.0 Å². The summed E-state index contributed by atoms with van der Waals surface area (Å²) in [6, 6.07) is 17.0. The molecule has 0 bridgehead atoms. The first-order valence-electron chi connectivity index (χ1n) is 6.92. The Morgan fingerprint density at radius 3 is 2.57 bits per heavy atom. The molecule has 1 fully saturated rings. The minimum atomic E-state index is -0.172. The van der Waals surface area contributed by atoms with E-state index in [1.807, 2.05) is 54.6 Å². The van der Waals surface area contributed by atoms with Gasteiger partial charge in [-0.1, -0.05) is 48.2 Å². The number of benzene rings is 2. The third-order valence-electron chi connectivity index (χ3n) is 3.23. The number of amides is 1. The van der Waals surface area contributed by atoms with Gasteiger partial charge in [0, 0.05) is 5.56 Å². The van der Waals surface area contributed by atoms with Gasteiger partial charge in [0.25, 0.3) is 5.91 Å². The maximum absolute atomic E-state index is 12.6. The lowest BCUT2D eigenvalue weighted by Gasteiger charge is -2.16. The predicted molar refractivity (Wildman–Crippen MR) is 98.1 cm³/mol. The zero-order valence-electron chi connectivity index (χ0n) is 12.4. The Bertz CT molecular complexity index is 775. The molecule has 0 radical (unpaired) electrons. The molecule has 0 atom stereocenters. The van der Waals surface area contributed by atoms with E-state index in [2.05, 4.69) is 5.43 Å². The van der Waals surface area contributed by atoms with E-state index in [1.54, 1.807) is 13.2 Å². The Hall–Kier alpha value is -2.31. The van der Waals surface area contributed by atoms with Crippen LogP contribution in [0.5, 0.6) is 5.75 Å². The molecule has 0 spiro atoms. The topological polar surface area (TPSA) is 41.6 Å². The van der Waals surface area contributed by atoms with Gasteiger partial charge in [-0.15, -0.1) is 0 Å². The second-order valence-electron chi connectivity index (χ2n) is 4.74. The molecule has 1 N–H and O–H groups in total. The number of hydrazine groups is 1. The zero-order chi connectivity index (χ0) is 16.2. The van der Waals surface area contributed by atoms with Crippen LogP contribution in [0.3, 0.4) is 0 Å². The van der Waals surface area contributed by atoms with Gasteiger partial charge in [0.15, 0.2) is 4.32 Å². The SMILES string of the molecule is COc1ccccc1/C=C1/SC(=S)N(Nc2ccccc2)C1=O. The number of thioether (sulfide) groups is 1. The predicted octanol–water partition coefficient (Wildman–Crippen LogP) is 3.92. The number of nitrogens with zero attached hydrogens (tertiary/aromatic N) is 1. The van der Waals surface area contributed by atoms with E-state index in [0.717, 1.165) is 11.3 Å². The van der Waals surface area contributed by atoms with E-state index < -0.39 is 0 Å². The first-order chi connectivity index (χ1) is 11.2. The van der Waals surface area contributed by atoms with Gasteiger partial charge in [0.2, 0.25) is 0 Å². The van der Waals surface area contributed by atoms with Crippen LogP contribution in [0.15, 0.2) is 59.5 Å². The summed E-state index contributed by atoms with van der Waals surface area (Å²) in [5, 5.41) is 1.39. The van der Waals surface area contributed by atoms with Crippen LogP contribution in [-0.4, -0.2) is 22.3 Å². The van der Waals surface area contributed by atoms with Crippen LogP contribution in [0.1, 0.15) is 5.56 Å². The van der Waals surface area contributed by atoms with Crippen LogP contribution in [0.4, 0.5) is 5.69 Å². The van der Waals surface area contributed by atoms with Crippen molar-refractivity contribution in [1.29, 1.82) is 0 Å². The average molecular weight is 342 g/mol. The first kappa shape index (κ1) is 15.6. The van der Waals surface area contributed by atoms with Crippen molar-refractivity contribution in [2.45, 2.75) is 0 Å². The molecule has 2 aromatic rings. The highest BCUT2D eigenvalue weighted by Gasteiger charge is 2.32. The number of para-hydroxylation sites is 2. The standard InChI is InChI=1S/C17H14N2O2S2/c1-21-14-10-6-5-7-12(14)11-15-16(20)19(17(22)23-15)18-13-8-3-2-4-9-13/h2-11,18H,1H3/b15-11+. The summed E-state index contributed by atoms with van der Waals surface area (Å²) in [5.41, 5.74) is 4.68. The van der Waals surface area contributed by atoms with Gasteiger partial charge in [-0.25, -0.2) is 5.01 Å². The molecule has 23 heavy (non-hydrogen) atoms. The van der Waals surface area contributed by atoms with E-state index in [9.17, 15) is 4.79 Å². The molecule has 116 valence electrons. The number of rotatable bonds is 4. The molecular formula is C17H14N2O2S2. The van der Waals surface area contributed by atoms with Crippen LogP contribution in [-0.2, 0) is 4.79 Å². The monoisotopic (exact) mass is 342 g/mol. The molecule has 0 aliphatic carbocycles. The van der Waals surface area contributed by atoms with Gasteiger partial charge in [0.1, 0.15) is 5.75 Å². The average Bonchev–Trinajstić information content (AvgIpc) is 2.84. The largest absolute Gasteiger partial charge is 0.496 e. The summed E-state index contributed by atoms with van der Waals surface area (Å²) >= 11 is 6.57. The molecule has 1 amide bonds. The highest BCUT2D eigenvalue weighted by atomic mass is 32.2. The molecule has 0 saturated carbocycles.